The minimum absolute atomic E-state index is 0.231. The second-order valence-corrected chi connectivity index (χ2v) is 4.45. The summed E-state index contributed by atoms with van der Waals surface area (Å²) < 4.78 is 0. The van der Waals surface area contributed by atoms with Crippen molar-refractivity contribution in [3.8, 4) is 0 Å². The van der Waals surface area contributed by atoms with Crippen LogP contribution in [0.15, 0.2) is 60.5 Å². The molecule has 86 valence electrons. The van der Waals surface area contributed by atoms with Gasteiger partial charge in [0.05, 0.1) is 11.6 Å². The molecule has 0 amide bonds. The Morgan fingerprint density at radius 3 is 2.82 bits per heavy atom. The summed E-state index contributed by atoms with van der Waals surface area (Å²) in [6, 6.07) is 0.231. The Balaban J connectivity index is 1.94. The van der Waals surface area contributed by atoms with Crippen molar-refractivity contribution in [2.24, 2.45) is 11.8 Å². The minimum Gasteiger partial charge on any atom is -0.478 e. The van der Waals surface area contributed by atoms with Crippen molar-refractivity contribution >= 4 is 5.97 Å². The van der Waals surface area contributed by atoms with E-state index in [9.17, 15) is 4.79 Å². The van der Waals surface area contributed by atoms with Gasteiger partial charge in [-0.1, -0.05) is 36.5 Å². The molecule has 1 N–H and O–H groups in total. The van der Waals surface area contributed by atoms with Gasteiger partial charge in [0.1, 0.15) is 0 Å². The number of carboxylic acid groups (broad SMARTS) is 1. The van der Waals surface area contributed by atoms with Crippen molar-refractivity contribution in [3.63, 3.8) is 0 Å². The fourth-order valence-corrected chi connectivity index (χ4v) is 2.56. The number of hydrogen-bond acceptors (Lipinski definition) is 2. The maximum atomic E-state index is 10.9. The summed E-state index contributed by atoms with van der Waals surface area (Å²) in [5, 5.41) is 8.97. The Morgan fingerprint density at radius 2 is 2.00 bits per heavy atom. The van der Waals surface area contributed by atoms with Crippen LogP contribution in [-0.2, 0) is 4.79 Å². The zero-order valence-electron chi connectivity index (χ0n) is 9.23. The molecule has 3 atom stereocenters. The van der Waals surface area contributed by atoms with E-state index in [1.165, 1.54) is 0 Å². The van der Waals surface area contributed by atoms with Crippen LogP contribution in [0.2, 0.25) is 0 Å². The van der Waals surface area contributed by atoms with E-state index < -0.39 is 5.97 Å². The molecule has 0 radical (unpaired) electrons. The van der Waals surface area contributed by atoms with Crippen LogP contribution in [0.4, 0.5) is 0 Å². The SMILES string of the molecule is O=C(O)C1=CN2C=CC3C=CC=CC3C2C=C1. The Bertz CT molecular complexity index is 496. The monoisotopic (exact) mass is 227 g/mol. The van der Waals surface area contributed by atoms with Crippen LogP contribution < -0.4 is 0 Å². The highest BCUT2D eigenvalue weighted by atomic mass is 16.4. The zero-order chi connectivity index (χ0) is 11.8. The molecule has 0 spiro atoms. The molecule has 2 heterocycles. The largest absolute Gasteiger partial charge is 0.478 e. The summed E-state index contributed by atoms with van der Waals surface area (Å²) in [4.78, 5) is 12.9. The lowest BCUT2D eigenvalue weighted by Crippen LogP contribution is -2.40. The van der Waals surface area contributed by atoms with Gasteiger partial charge in [-0.25, -0.2) is 4.79 Å². The summed E-state index contributed by atoms with van der Waals surface area (Å²) in [6.07, 6.45) is 18.0. The van der Waals surface area contributed by atoms with Crippen molar-refractivity contribution in [2.45, 2.75) is 6.04 Å². The standard InChI is InChI=1S/C14H13NO2/c16-14(17)11-5-6-13-12-4-2-1-3-10(12)7-8-15(13)9-11/h1-10,12-13H,(H,16,17). The molecule has 0 saturated heterocycles. The normalized spacial score (nSPS) is 33.1. The van der Waals surface area contributed by atoms with Crippen LogP contribution in [-0.4, -0.2) is 22.0 Å². The first-order valence-corrected chi connectivity index (χ1v) is 5.70. The van der Waals surface area contributed by atoms with Crippen molar-refractivity contribution in [1.29, 1.82) is 0 Å². The molecule has 3 rings (SSSR count). The first kappa shape index (κ1) is 10.1. The molecule has 17 heavy (non-hydrogen) atoms. The van der Waals surface area contributed by atoms with Crippen molar-refractivity contribution in [1.82, 2.24) is 4.90 Å². The maximum absolute atomic E-state index is 10.9. The Kier molecular flexibility index (Phi) is 2.25. The highest BCUT2D eigenvalue weighted by Crippen LogP contribution is 2.34. The third kappa shape index (κ3) is 1.64. The molecular weight excluding hydrogens is 214 g/mol. The molecule has 0 saturated carbocycles. The number of carboxylic acids is 1. The third-order valence-corrected chi connectivity index (χ3v) is 3.45. The van der Waals surface area contributed by atoms with E-state index >= 15 is 0 Å². The van der Waals surface area contributed by atoms with Crippen molar-refractivity contribution < 1.29 is 9.90 Å². The predicted octanol–water partition coefficient (Wildman–Crippen LogP) is 2.08. The number of carbonyl (C=O) groups is 1. The van der Waals surface area contributed by atoms with Crippen LogP contribution in [0, 0.1) is 11.8 Å². The summed E-state index contributed by atoms with van der Waals surface area (Å²) >= 11 is 0. The molecule has 0 bridgehead atoms. The smallest absolute Gasteiger partial charge is 0.337 e. The average Bonchev–Trinajstić information content (AvgIpc) is 2.38. The molecule has 0 aromatic rings. The van der Waals surface area contributed by atoms with E-state index in [0.717, 1.165) is 0 Å². The van der Waals surface area contributed by atoms with E-state index in [2.05, 4.69) is 30.4 Å². The van der Waals surface area contributed by atoms with Crippen LogP contribution in [0.1, 0.15) is 0 Å². The quantitative estimate of drug-likeness (QED) is 0.745. The number of nitrogens with zero attached hydrogens (tertiary/aromatic N) is 1. The van der Waals surface area contributed by atoms with E-state index in [1.807, 2.05) is 17.2 Å². The first-order chi connectivity index (χ1) is 8.25. The van der Waals surface area contributed by atoms with Crippen LogP contribution in [0.5, 0.6) is 0 Å². The topological polar surface area (TPSA) is 40.5 Å². The second-order valence-electron chi connectivity index (χ2n) is 4.45. The van der Waals surface area contributed by atoms with Crippen LogP contribution in [0.3, 0.4) is 0 Å². The summed E-state index contributed by atoms with van der Waals surface area (Å²) in [7, 11) is 0. The number of aliphatic carboxylic acids is 1. The molecule has 3 unspecified atom stereocenters. The Hall–Kier alpha value is -2.03. The highest BCUT2D eigenvalue weighted by molar-refractivity contribution is 5.90. The van der Waals surface area contributed by atoms with Gasteiger partial charge in [0.15, 0.2) is 0 Å². The molecule has 3 heteroatoms. The summed E-state index contributed by atoms with van der Waals surface area (Å²) in [6.45, 7) is 0. The fraction of sp³-hybridized carbons (Fsp3) is 0.214. The summed E-state index contributed by atoms with van der Waals surface area (Å²) in [5.74, 6) is -0.0622. The number of hydrogen-bond donors (Lipinski definition) is 1. The van der Waals surface area contributed by atoms with Crippen LogP contribution in [0.25, 0.3) is 0 Å². The molecule has 3 aliphatic rings. The second kappa shape index (κ2) is 3.77. The highest BCUT2D eigenvalue weighted by Gasteiger charge is 2.32. The van der Waals surface area contributed by atoms with Gasteiger partial charge in [-0.3, -0.25) is 0 Å². The Labute approximate surface area is 99.7 Å². The van der Waals surface area contributed by atoms with E-state index in [0.29, 0.717) is 17.4 Å². The predicted molar refractivity (Wildman–Crippen MR) is 64.9 cm³/mol. The summed E-state index contributed by atoms with van der Waals surface area (Å²) in [5.41, 5.74) is 0.333. The minimum atomic E-state index is -0.880. The van der Waals surface area contributed by atoms with E-state index in [-0.39, 0.29) is 6.04 Å². The van der Waals surface area contributed by atoms with Gasteiger partial charge in [-0.05, 0) is 6.08 Å². The van der Waals surface area contributed by atoms with Gasteiger partial charge >= 0.3 is 5.97 Å². The van der Waals surface area contributed by atoms with Gasteiger partial charge in [-0.15, -0.1) is 0 Å². The number of rotatable bonds is 1. The lowest BCUT2D eigenvalue weighted by Gasteiger charge is -2.40. The fourth-order valence-electron chi connectivity index (χ4n) is 2.56. The number of fused-ring (bicyclic) bond motifs is 3. The van der Waals surface area contributed by atoms with Gasteiger partial charge in [0, 0.05) is 24.2 Å². The molecule has 0 fully saturated rings. The zero-order valence-corrected chi connectivity index (χ0v) is 9.23. The maximum Gasteiger partial charge on any atom is 0.337 e. The molecular formula is C14H13NO2. The van der Waals surface area contributed by atoms with Gasteiger partial charge < -0.3 is 10.0 Å². The lowest BCUT2D eigenvalue weighted by atomic mass is 9.79. The molecule has 2 aliphatic heterocycles. The molecule has 3 nitrogen and oxygen atoms in total. The van der Waals surface area contributed by atoms with Gasteiger partial charge in [0.2, 0.25) is 0 Å². The number of allylic oxidation sites excluding steroid dienone is 4. The third-order valence-electron chi connectivity index (χ3n) is 3.45. The van der Waals surface area contributed by atoms with E-state index in [4.69, 9.17) is 5.11 Å². The molecule has 1 aliphatic carbocycles. The average molecular weight is 227 g/mol. The van der Waals surface area contributed by atoms with Crippen molar-refractivity contribution in [3.05, 3.63) is 60.5 Å². The van der Waals surface area contributed by atoms with Crippen molar-refractivity contribution in [2.75, 3.05) is 0 Å². The lowest BCUT2D eigenvalue weighted by molar-refractivity contribution is -0.132. The molecule has 0 aromatic heterocycles. The van der Waals surface area contributed by atoms with Crippen LogP contribution >= 0.6 is 0 Å². The first-order valence-electron chi connectivity index (χ1n) is 5.70. The van der Waals surface area contributed by atoms with E-state index in [1.54, 1.807) is 12.3 Å². The van der Waals surface area contributed by atoms with Gasteiger partial charge in [0.25, 0.3) is 0 Å². The van der Waals surface area contributed by atoms with Gasteiger partial charge in [-0.2, -0.15) is 0 Å². The molecule has 0 aromatic carbocycles. The Morgan fingerprint density at radius 1 is 1.18 bits per heavy atom.